The number of halogens is 4. The zero-order valence-electron chi connectivity index (χ0n) is 21.7. The summed E-state index contributed by atoms with van der Waals surface area (Å²) in [5.41, 5.74) is -3.17. The van der Waals surface area contributed by atoms with Crippen LogP contribution in [0.4, 0.5) is 28.9 Å². The fourth-order valence-corrected chi connectivity index (χ4v) is 5.32. The lowest BCUT2D eigenvalue weighted by Crippen LogP contribution is -2.44. The van der Waals surface area contributed by atoms with Crippen LogP contribution in [0.25, 0.3) is 10.9 Å². The molecule has 40 heavy (non-hydrogen) atoms. The van der Waals surface area contributed by atoms with E-state index in [0.717, 1.165) is 11.0 Å². The van der Waals surface area contributed by atoms with Gasteiger partial charge in [-0.05, 0) is 56.4 Å². The molecule has 2 aliphatic rings. The third-order valence-corrected chi connectivity index (χ3v) is 7.21. The summed E-state index contributed by atoms with van der Waals surface area (Å²) in [6.07, 6.45) is -4.05. The van der Waals surface area contributed by atoms with Gasteiger partial charge in [-0.15, -0.1) is 0 Å². The van der Waals surface area contributed by atoms with Gasteiger partial charge >= 0.3 is 6.18 Å². The summed E-state index contributed by atoms with van der Waals surface area (Å²) < 4.78 is 68.0. The second-order valence-corrected chi connectivity index (χ2v) is 10.2. The van der Waals surface area contributed by atoms with Crippen LogP contribution in [0.1, 0.15) is 44.1 Å². The molecule has 208 valence electrons. The van der Waals surface area contributed by atoms with E-state index in [1.54, 1.807) is 6.07 Å². The van der Waals surface area contributed by atoms with Gasteiger partial charge in [0.2, 0.25) is 5.88 Å². The minimum Gasteiger partial charge on any atom is -0.471 e. The van der Waals surface area contributed by atoms with Crippen molar-refractivity contribution < 1.29 is 31.8 Å². The first-order valence-electron chi connectivity index (χ1n) is 12.4. The topological polar surface area (TPSA) is 91.6 Å². The van der Waals surface area contributed by atoms with Gasteiger partial charge in [0, 0.05) is 18.5 Å². The number of fused-ring (bicyclic) bond motifs is 1. The third kappa shape index (κ3) is 4.61. The standard InChI is InChI=1S/C27H23F4N5O3S/c1-4-21-33-22-18(23(34-21)39-17-7-8-38-13-17)9-16(11-20(22)28)36-25(40)35(24(37)26(36,2)3)15-6-5-14(12-32)19(10-15)27(29,30)31/h5-6,9-11,17H,4,7-8,13H2,1-3H3. The second-order valence-electron chi connectivity index (χ2n) is 9.88. The predicted molar refractivity (Wildman–Crippen MR) is 142 cm³/mol. The molecule has 0 bridgehead atoms. The highest BCUT2D eigenvalue weighted by atomic mass is 32.1. The maximum Gasteiger partial charge on any atom is 0.417 e. The van der Waals surface area contributed by atoms with Crippen LogP contribution < -0.4 is 14.5 Å². The van der Waals surface area contributed by atoms with Crippen LogP contribution in [0.5, 0.6) is 5.88 Å². The van der Waals surface area contributed by atoms with Gasteiger partial charge < -0.3 is 14.4 Å². The highest BCUT2D eigenvalue weighted by Crippen LogP contribution is 2.41. The highest BCUT2D eigenvalue weighted by molar-refractivity contribution is 7.81. The van der Waals surface area contributed by atoms with Gasteiger partial charge in [-0.3, -0.25) is 9.69 Å². The fourth-order valence-electron chi connectivity index (χ4n) is 4.79. The van der Waals surface area contributed by atoms with E-state index in [2.05, 4.69) is 9.97 Å². The quantitative estimate of drug-likeness (QED) is 0.300. The van der Waals surface area contributed by atoms with Gasteiger partial charge in [0.25, 0.3) is 5.91 Å². The fraction of sp³-hybridized carbons (Fsp3) is 0.370. The number of aromatic nitrogens is 2. The lowest BCUT2D eigenvalue weighted by Gasteiger charge is -2.30. The molecule has 1 aromatic heterocycles. The van der Waals surface area contributed by atoms with Crippen LogP contribution in [-0.2, 0) is 22.1 Å². The number of alkyl halides is 3. The van der Waals surface area contributed by atoms with E-state index in [1.165, 1.54) is 36.9 Å². The van der Waals surface area contributed by atoms with Crippen LogP contribution in [0.15, 0.2) is 30.3 Å². The summed E-state index contributed by atoms with van der Waals surface area (Å²) in [4.78, 5) is 24.7. The van der Waals surface area contributed by atoms with Crippen LogP contribution in [0.2, 0.25) is 0 Å². The number of nitrogens with zero attached hydrogens (tertiary/aromatic N) is 5. The van der Waals surface area contributed by atoms with Crippen molar-refractivity contribution in [3.8, 4) is 11.9 Å². The summed E-state index contributed by atoms with van der Waals surface area (Å²) >= 11 is 5.59. The summed E-state index contributed by atoms with van der Waals surface area (Å²) in [6, 6.07) is 7.14. The lowest BCUT2D eigenvalue weighted by molar-refractivity contribution is -0.137. The molecule has 0 saturated carbocycles. The Hall–Kier alpha value is -3.89. The van der Waals surface area contributed by atoms with E-state index >= 15 is 4.39 Å². The third-order valence-electron chi connectivity index (χ3n) is 6.85. The molecule has 0 spiro atoms. The molecular weight excluding hydrogens is 550 g/mol. The van der Waals surface area contributed by atoms with E-state index in [-0.39, 0.29) is 39.4 Å². The number of thiocarbonyl (C=S) groups is 1. The number of carbonyl (C=O) groups is 1. The van der Waals surface area contributed by atoms with Crippen molar-refractivity contribution in [2.45, 2.75) is 51.4 Å². The average Bonchev–Trinajstić information content (AvgIpc) is 3.47. The molecule has 13 heteroatoms. The number of anilines is 2. The van der Waals surface area contributed by atoms with Gasteiger partial charge in [0.15, 0.2) is 10.9 Å². The molecule has 2 fully saturated rings. The highest BCUT2D eigenvalue weighted by Gasteiger charge is 2.51. The van der Waals surface area contributed by atoms with Crippen LogP contribution in [0, 0.1) is 17.1 Å². The lowest BCUT2D eigenvalue weighted by atomic mass is 10.0. The Labute approximate surface area is 232 Å². The van der Waals surface area contributed by atoms with Crippen LogP contribution in [-0.4, -0.2) is 45.8 Å². The van der Waals surface area contributed by atoms with Crippen molar-refractivity contribution in [2.24, 2.45) is 0 Å². The molecule has 2 saturated heterocycles. The first-order chi connectivity index (χ1) is 18.9. The largest absolute Gasteiger partial charge is 0.471 e. The molecule has 0 aliphatic carbocycles. The van der Waals surface area contributed by atoms with Gasteiger partial charge in [-0.25, -0.2) is 9.37 Å². The molecular formula is C27H23F4N5O3S. The van der Waals surface area contributed by atoms with E-state index in [4.69, 9.17) is 27.0 Å². The van der Waals surface area contributed by atoms with Gasteiger partial charge in [0.05, 0.1) is 41.5 Å². The van der Waals surface area contributed by atoms with E-state index in [0.29, 0.717) is 37.9 Å². The smallest absolute Gasteiger partial charge is 0.417 e. The maximum atomic E-state index is 15.6. The Balaban J connectivity index is 1.62. The molecule has 1 amide bonds. The monoisotopic (exact) mass is 573 g/mol. The Morgan fingerprint density at radius 2 is 1.98 bits per heavy atom. The van der Waals surface area contributed by atoms with E-state index in [9.17, 15) is 18.0 Å². The number of hydrogen-bond acceptors (Lipinski definition) is 7. The SMILES string of the molecule is CCc1nc(OC2CCOC2)c2cc(N3C(=S)N(c4ccc(C#N)c(C(F)(F)F)c4)C(=O)C3(C)C)cc(F)c2n1. The molecule has 2 aliphatic heterocycles. The minimum atomic E-state index is -4.83. The van der Waals surface area contributed by atoms with Crippen LogP contribution in [0.3, 0.4) is 0 Å². The number of aryl methyl sites for hydroxylation is 1. The number of nitriles is 1. The van der Waals surface area contributed by atoms with Crippen molar-refractivity contribution in [3.63, 3.8) is 0 Å². The van der Waals surface area contributed by atoms with Crippen molar-refractivity contribution in [1.82, 2.24) is 9.97 Å². The summed E-state index contributed by atoms with van der Waals surface area (Å²) in [7, 11) is 0. The number of hydrogen-bond donors (Lipinski definition) is 0. The van der Waals surface area contributed by atoms with Gasteiger partial charge in [-0.2, -0.15) is 23.4 Å². The summed E-state index contributed by atoms with van der Waals surface area (Å²) in [5, 5.41) is 9.23. The molecule has 8 nitrogen and oxygen atoms in total. The van der Waals surface area contributed by atoms with Crippen molar-refractivity contribution in [3.05, 3.63) is 53.1 Å². The average molecular weight is 574 g/mol. The Morgan fingerprint density at radius 3 is 2.60 bits per heavy atom. The molecule has 3 aromatic rings. The molecule has 2 aromatic carbocycles. The van der Waals surface area contributed by atoms with Crippen molar-refractivity contribution >= 4 is 45.5 Å². The number of benzene rings is 2. The van der Waals surface area contributed by atoms with Crippen molar-refractivity contribution in [2.75, 3.05) is 23.0 Å². The molecule has 0 N–H and O–H groups in total. The predicted octanol–water partition coefficient (Wildman–Crippen LogP) is 5.31. The number of ether oxygens (including phenoxy) is 2. The van der Waals surface area contributed by atoms with Gasteiger partial charge in [-0.1, -0.05) is 6.92 Å². The van der Waals surface area contributed by atoms with Gasteiger partial charge in [0.1, 0.15) is 23.0 Å². The molecule has 3 heterocycles. The number of rotatable bonds is 5. The Kier molecular flexibility index (Phi) is 6.87. The molecule has 0 radical (unpaired) electrons. The van der Waals surface area contributed by atoms with Crippen LogP contribution >= 0.6 is 12.2 Å². The molecule has 1 unspecified atom stereocenters. The Morgan fingerprint density at radius 1 is 1.23 bits per heavy atom. The first-order valence-corrected chi connectivity index (χ1v) is 12.8. The molecule has 1 atom stereocenters. The van der Waals surface area contributed by atoms with E-state index < -0.39 is 34.6 Å². The summed E-state index contributed by atoms with van der Waals surface area (Å²) in [5.74, 6) is -0.800. The normalized spacial score (nSPS) is 19.0. The first kappa shape index (κ1) is 27.7. The van der Waals surface area contributed by atoms with Crippen molar-refractivity contribution in [1.29, 1.82) is 5.26 Å². The zero-order valence-corrected chi connectivity index (χ0v) is 22.5. The molecule has 5 rings (SSSR count). The maximum absolute atomic E-state index is 15.6. The second kappa shape index (κ2) is 9.94. The Bertz CT molecular complexity index is 1580. The minimum absolute atomic E-state index is 0.0255. The number of carbonyl (C=O) groups excluding carboxylic acids is 1. The van der Waals surface area contributed by atoms with E-state index in [1.807, 2.05) is 6.92 Å². The zero-order chi connectivity index (χ0) is 29.0. The summed E-state index contributed by atoms with van der Waals surface area (Å²) in [6.45, 7) is 5.76. The number of amides is 1.